The molecule has 16 heavy (non-hydrogen) atoms. The molecule has 3 aromatic rings. The van der Waals surface area contributed by atoms with Crippen LogP contribution in [-0.2, 0) is 0 Å². The van der Waals surface area contributed by atoms with Crippen LogP contribution in [0.3, 0.4) is 0 Å². The van der Waals surface area contributed by atoms with E-state index in [0.29, 0.717) is 11.3 Å². The van der Waals surface area contributed by atoms with Crippen molar-refractivity contribution in [1.29, 1.82) is 0 Å². The minimum atomic E-state index is -0.282. The van der Waals surface area contributed by atoms with Crippen LogP contribution in [-0.4, -0.2) is 20.2 Å². The van der Waals surface area contributed by atoms with E-state index in [1.54, 1.807) is 24.5 Å². The molecular formula is C11H7FN4. The zero-order chi connectivity index (χ0) is 11.0. The Morgan fingerprint density at radius 3 is 2.88 bits per heavy atom. The Kier molecular flexibility index (Phi) is 1.89. The van der Waals surface area contributed by atoms with Crippen LogP contribution in [0, 0.1) is 5.82 Å². The number of nitrogens with one attached hydrogen (secondary N) is 1. The third-order valence-corrected chi connectivity index (χ3v) is 2.30. The smallest absolute Gasteiger partial charge is 0.140 e. The molecule has 1 N–H and O–H groups in total. The standard InChI is InChI=1S/C11H7FN4/c12-8-1-2-9-10(5-8)16-11(15-9)7-3-4-13-14-6-7/h1-6H,(H,15,16). The predicted octanol–water partition coefficient (Wildman–Crippen LogP) is 2.16. The first kappa shape index (κ1) is 8.96. The molecule has 0 radical (unpaired) electrons. The Bertz CT molecular complexity index is 633. The first-order valence-electron chi connectivity index (χ1n) is 4.75. The molecule has 2 aromatic heterocycles. The molecule has 0 bridgehead atoms. The number of imidazole rings is 1. The Morgan fingerprint density at radius 1 is 1.12 bits per heavy atom. The van der Waals surface area contributed by atoms with Crippen molar-refractivity contribution >= 4 is 11.0 Å². The van der Waals surface area contributed by atoms with Gasteiger partial charge in [-0.25, -0.2) is 9.37 Å². The van der Waals surface area contributed by atoms with Gasteiger partial charge in [0.2, 0.25) is 0 Å². The average Bonchev–Trinajstić information content (AvgIpc) is 2.73. The number of H-pyrrole nitrogens is 1. The molecule has 0 saturated heterocycles. The Hall–Kier alpha value is -2.30. The van der Waals surface area contributed by atoms with Gasteiger partial charge in [-0.1, -0.05) is 0 Å². The minimum Gasteiger partial charge on any atom is -0.338 e. The zero-order valence-electron chi connectivity index (χ0n) is 8.18. The van der Waals surface area contributed by atoms with Crippen LogP contribution in [0.15, 0.2) is 36.7 Å². The summed E-state index contributed by atoms with van der Waals surface area (Å²) < 4.78 is 13.0. The molecule has 0 aliphatic carbocycles. The fourth-order valence-electron chi connectivity index (χ4n) is 1.55. The summed E-state index contributed by atoms with van der Waals surface area (Å²) in [5.41, 5.74) is 2.23. The first-order valence-corrected chi connectivity index (χ1v) is 4.75. The van der Waals surface area contributed by atoms with Crippen LogP contribution < -0.4 is 0 Å². The van der Waals surface area contributed by atoms with Crippen molar-refractivity contribution in [3.63, 3.8) is 0 Å². The van der Waals surface area contributed by atoms with E-state index < -0.39 is 0 Å². The highest BCUT2D eigenvalue weighted by Crippen LogP contribution is 2.19. The van der Waals surface area contributed by atoms with Gasteiger partial charge in [0.15, 0.2) is 0 Å². The molecule has 5 heteroatoms. The van der Waals surface area contributed by atoms with Crippen molar-refractivity contribution < 1.29 is 4.39 Å². The lowest BCUT2D eigenvalue weighted by atomic mass is 10.3. The lowest BCUT2D eigenvalue weighted by molar-refractivity contribution is 0.629. The molecule has 0 fully saturated rings. The van der Waals surface area contributed by atoms with Gasteiger partial charge < -0.3 is 4.98 Å². The molecule has 0 spiro atoms. The van der Waals surface area contributed by atoms with E-state index in [0.717, 1.165) is 11.1 Å². The van der Waals surface area contributed by atoms with Crippen molar-refractivity contribution in [3.05, 3.63) is 42.5 Å². The highest BCUT2D eigenvalue weighted by molar-refractivity contribution is 5.79. The van der Waals surface area contributed by atoms with Crippen LogP contribution in [0.4, 0.5) is 4.39 Å². The van der Waals surface area contributed by atoms with Crippen LogP contribution in [0.5, 0.6) is 0 Å². The van der Waals surface area contributed by atoms with Crippen molar-refractivity contribution in [3.8, 4) is 11.4 Å². The van der Waals surface area contributed by atoms with E-state index in [4.69, 9.17) is 0 Å². The molecule has 78 valence electrons. The van der Waals surface area contributed by atoms with Gasteiger partial charge >= 0.3 is 0 Å². The Morgan fingerprint density at radius 2 is 2.06 bits per heavy atom. The monoisotopic (exact) mass is 214 g/mol. The second-order valence-corrected chi connectivity index (χ2v) is 3.38. The number of aromatic amines is 1. The summed E-state index contributed by atoms with van der Waals surface area (Å²) in [7, 11) is 0. The second-order valence-electron chi connectivity index (χ2n) is 3.38. The van der Waals surface area contributed by atoms with Gasteiger partial charge in [0, 0.05) is 5.56 Å². The number of nitrogens with zero attached hydrogens (tertiary/aromatic N) is 3. The van der Waals surface area contributed by atoms with Crippen LogP contribution in [0.1, 0.15) is 0 Å². The molecule has 2 heterocycles. The second kappa shape index (κ2) is 3.37. The lowest BCUT2D eigenvalue weighted by Gasteiger charge is -1.91. The third kappa shape index (κ3) is 1.42. The number of benzene rings is 1. The highest BCUT2D eigenvalue weighted by Gasteiger charge is 2.05. The van der Waals surface area contributed by atoms with Gasteiger partial charge in [0.25, 0.3) is 0 Å². The zero-order valence-corrected chi connectivity index (χ0v) is 8.18. The van der Waals surface area contributed by atoms with Gasteiger partial charge in [0.05, 0.1) is 23.4 Å². The molecule has 3 rings (SSSR count). The van der Waals surface area contributed by atoms with Gasteiger partial charge in [-0.15, -0.1) is 0 Å². The molecule has 4 nitrogen and oxygen atoms in total. The summed E-state index contributed by atoms with van der Waals surface area (Å²) in [5, 5.41) is 7.45. The average molecular weight is 214 g/mol. The van der Waals surface area contributed by atoms with E-state index >= 15 is 0 Å². The van der Waals surface area contributed by atoms with Crippen molar-refractivity contribution in [2.75, 3.05) is 0 Å². The number of halogens is 1. The number of aromatic nitrogens is 4. The maximum absolute atomic E-state index is 13.0. The topological polar surface area (TPSA) is 54.5 Å². The number of fused-ring (bicyclic) bond motifs is 1. The number of hydrogen-bond acceptors (Lipinski definition) is 3. The van der Waals surface area contributed by atoms with Crippen LogP contribution >= 0.6 is 0 Å². The SMILES string of the molecule is Fc1ccc2nc(-c3ccnnc3)[nH]c2c1. The minimum absolute atomic E-state index is 0.282. The normalized spacial score (nSPS) is 10.8. The molecule has 0 saturated carbocycles. The summed E-state index contributed by atoms with van der Waals surface area (Å²) in [5.74, 6) is 0.381. The molecule has 0 aliphatic rings. The number of hydrogen-bond donors (Lipinski definition) is 1. The molecular weight excluding hydrogens is 207 g/mol. The van der Waals surface area contributed by atoms with Gasteiger partial charge in [0.1, 0.15) is 11.6 Å². The van der Waals surface area contributed by atoms with Crippen molar-refractivity contribution in [2.45, 2.75) is 0 Å². The van der Waals surface area contributed by atoms with Crippen LogP contribution in [0.25, 0.3) is 22.4 Å². The summed E-state index contributed by atoms with van der Waals surface area (Å²) >= 11 is 0. The fraction of sp³-hybridized carbons (Fsp3) is 0. The third-order valence-electron chi connectivity index (χ3n) is 2.30. The lowest BCUT2D eigenvalue weighted by Crippen LogP contribution is -1.83. The first-order chi connectivity index (χ1) is 7.83. The molecule has 1 aromatic carbocycles. The molecule has 0 amide bonds. The maximum Gasteiger partial charge on any atom is 0.140 e. The highest BCUT2D eigenvalue weighted by atomic mass is 19.1. The molecule has 0 atom stereocenters. The van der Waals surface area contributed by atoms with E-state index in [1.807, 2.05) is 0 Å². The van der Waals surface area contributed by atoms with E-state index in [1.165, 1.54) is 12.1 Å². The summed E-state index contributed by atoms with van der Waals surface area (Å²) in [6.45, 7) is 0. The van der Waals surface area contributed by atoms with E-state index in [9.17, 15) is 4.39 Å². The van der Waals surface area contributed by atoms with Crippen molar-refractivity contribution in [2.24, 2.45) is 0 Å². The summed E-state index contributed by atoms with van der Waals surface area (Å²) in [6, 6.07) is 6.23. The Labute approximate surface area is 90.2 Å². The van der Waals surface area contributed by atoms with E-state index in [2.05, 4.69) is 20.2 Å². The van der Waals surface area contributed by atoms with Gasteiger partial charge in [-0.05, 0) is 24.3 Å². The summed E-state index contributed by atoms with van der Waals surface area (Å²) in [6.07, 6.45) is 3.19. The molecule has 0 unspecified atom stereocenters. The van der Waals surface area contributed by atoms with Crippen LogP contribution in [0.2, 0.25) is 0 Å². The van der Waals surface area contributed by atoms with Crippen molar-refractivity contribution in [1.82, 2.24) is 20.2 Å². The summed E-state index contributed by atoms with van der Waals surface area (Å²) in [4.78, 5) is 7.37. The quantitative estimate of drug-likeness (QED) is 0.675. The maximum atomic E-state index is 13.0. The van der Waals surface area contributed by atoms with Gasteiger partial charge in [-0.2, -0.15) is 10.2 Å². The molecule has 0 aliphatic heterocycles. The predicted molar refractivity (Wildman–Crippen MR) is 57.1 cm³/mol. The Balaban J connectivity index is 2.19. The number of rotatable bonds is 1. The fourth-order valence-corrected chi connectivity index (χ4v) is 1.55. The van der Waals surface area contributed by atoms with Gasteiger partial charge in [-0.3, -0.25) is 0 Å². The largest absolute Gasteiger partial charge is 0.338 e. The van der Waals surface area contributed by atoms with E-state index in [-0.39, 0.29) is 5.82 Å².